The van der Waals surface area contributed by atoms with Crippen molar-refractivity contribution in [2.75, 3.05) is 13.1 Å². The minimum absolute atomic E-state index is 0.0784. The van der Waals surface area contributed by atoms with Crippen molar-refractivity contribution in [3.05, 3.63) is 27.6 Å². The van der Waals surface area contributed by atoms with Gasteiger partial charge in [-0.05, 0) is 11.4 Å². The topological polar surface area (TPSA) is 67.0 Å². The smallest absolute Gasteiger partial charge is 0.268 e. The Kier molecular flexibility index (Phi) is 2.47. The molecule has 1 saturated heterocycles. The lowest BCUT2D eigenvalue weighted by molar-refractivity contribution is 0.00444. The van der Waals surface area contributed by atoms with E-state index in [0.717, 1.165) is 18.6 Å². The summed E-state index contributed by atoms with van der Waals surface area (Å²) >= 11 is 1.41. The largest absolute Gasteiger partial charge is 0.368 e. The number of aromatic nitrogens is 2. The summed E-state index contributed by atoms with van der Waals surface area (Å²) in [6.07, 6.45) is 0.253. The van der Waals surface area contributed by atoms with Gasteiger partial charge in [-0.3, -0.25) is 4.79 Å². The molecule has 3 heterocycles. The number of thiophene rings is 1. The lowest BCUT2D eigenvalue weighted by atomic mass is 10.2. The molecule has 1 fully saturated rings. The van der Waals surface area contributed by atoms with E-state index in [0.29, 0.717) is 17.1 Å². The zero-order chi connectivity index (χ0) is 11.0. The van der Waals surface area contributed by atoms with E-state index in [9.17, 15) is 4.79 Å². The predicted octanol–water partition coefficient (Wildman–Crippen LogP) is 0.473. The van der Waals surface area contributed by atoms with Crippen LogP contribution in [0.3, 0.4) is 0 Å². The molecule has 0 unspecified atom stereocenters. The monoisotopic (exact) mass is 237 g/mol. The summed E-state index contributed by atoms with van der Waals surface area (Å²) in [7, 11) is 0. The van der Waals surface area contributed by atoms with Gasteiger partial charge in [-0.2, -0.15) is 0 Å². The molecular weight excluding hydrogens is 226 g/mol. The van der Waals surface area contributed by atoms with Gasteiger partial charge in [-0.1, -0.05) is 0 Å². The van der Waals surface area contributed by atoms with Crippen molar-refractivity contribution in [1.82, 2.24) is 15.3 Å². The van der Waals surface area contributed by atoms with Crippen molar-refractivity contribution >= 4 is 21.6 Å². The first-order valence-corrected chi connectivity index (χ1v) is 5.99. The first-order chi connectivity index (χ1) is 7.83. The Balaban J connectivity index is 1.83. The molecule has 0 radical (unpaired) electrons. The van der Waals surface area contributed by atoms with Crippen LogP contribution in [0.4, 0.5) is 0 Å². The Bertz CT molecular complexity index is 558. The molecular formula is C10H11N3O2S. The normalized spacial score (nSPS) is 16.5. The summed E-state index contributed by atoms with van der Waals surface area (Å²) < 4.78 is 6.23. The quantitative estimate of drug-likeness (QED) is 0.814. The van der Waals surface area contributed by atoms with Gasteiger partial charge in [0.2, 0.25) is 0 Å². The molecule has 6 heteroatoms. The van der Waals surface area contributed by atoms with Crippen LogP contribution in [0, 0.1) is 0 Å². The molecule has 0 atom stereocenters. The first-order valence-electron chi connectivity index (χ1n) is 5.11. The maximum absolute atomic E-state index is 11.6. The fourth-order valence-electron chi connectivity index (χ4n) is 1.57. The van der Waals surface area contributed by atoms with Crippen LogP contribution in [0.5, 0.6) is 0 Å². The third kappa shape index (κ3) is 1.75. The van der Waals surface area contributed by atoms with Gasteiger partial charge in [-0.15, -0.1) is 11.3 Å². The van der Waals surface area contributed by atoms with E-state index in [-0.39, 0.29) is 11.7 Å². The Morgan fingerprint density at radius 1 is 1.56 bits per heavy atom. The van der Waals surface area contributed by atoms with E-state index in [1.54, 1.807) is 0 Å². The second kappa shape index (κ2) is 3.97. The van der Waals surface area contributed by atoms with Gasteiger partial charge in [0.25, 0.3) is 5.56 Å². The van der Waals surface area contributed by atoms with Gasteiger partial charge in [0.1, 0.15) is 17.1 Å². The summed E-state index contributed by atoms with van der Waals surface area (Å²) in [6.45, 7) is 2.13. The summed E-state index contributed by atoms with van der Waals surface area (Å²) in [5.74, 6) is 0.600. The third-order valence-corrected chi connectivity index (χ3v) is 3.47. The molecule has 0 aliphatic carbocycles. The SMILES string of the molecule is O=c1[nH]c(COC2CNC2)nc2ccsc12. The number of ether oxygens (including phenoxy) is 1. The van der Waals surface area contributed by atoms with Gasteiger partial charge in [-0.25, -0.2) is 4.98 Å². The van der Waals surface area contributed by atoms with Crippen molar-refractivity contribution in [2.24, 2.45) is 0 Å². The van der Waals surface area contributed by atoms with Gasteiger partial charge in [0.15, 0.2) is 0 Å². The van der Waals surface area contributed by atoms with E-state index < -0.39 is 0 Å². The molecule has 16 heavy (non-hydrogen) atoms. The molecule has 1 aliphatic rings. The zero-order valence-corrected chi connectivity index (χ0v) is 9.34. The molecule has 0 saturated carbocycles. The highest BCUT2D eigenvalue weighted by molar-refractivity contribution is 7.17. The van der Waals surface area contributed by atoms with Crippen LogP contribution in [0.2, 0.25) is 0 Å². The molecule has 0 bridgehead atoms. The van der Waals surface area contributed by atoms with Crippen LogP contribution < -0.4 is 10.9 Å². The van der Waals surface area contributed by atoms with Crippen LogP contribution in [0.1, 0.15) is 5.82 Å². The summed E-state index contributed by atoms with van der Waals surface area (Å²) in [5, 5.41) is 4.99. The van der Waals surface area contributed by atoms with E-state index in [2.05, 4.69) is 15.3 Å². The number of nitrogens with one attached hydrogen (secondary N) is 2. The predicted molar refractivity (Wildman–Crippen MR) is 61.7 cm³/mol. The van der Waals surface area contributed by atoms with Crippen molar-refractivity contribution in [1.29, 1.82) is 0 Å². The number of hydrogen-bond donors (Lipinski definition) is 2. The maximum atomic E-state index is 11.6. The van der Waals surface area contributed by atoms with E-state index in [1.165, 1.54) is 11.3 Å². The van der Waals surface area contributed by atoms with Crippen molar-refractivity contribution < 1.29 is 4.74 Å². The molecule has 2 aromatic rings. The zero-order valence-electron chi connectivity index (χ0n) is 8.53. The number of hydrogen-bond acceptors (Lipinski definition) is 5. The molecule has 1 aliphatic heterocycles. The highest BCUT2D eigenvalue weighted by Crippen LogP contribution is 2.14. The molecule has 84 valence electrons. The maximum Gasteiger partial charge on any atom is 0.268 e. The Hall–Kier alpha value is -1.24. The third-order valence-electron chi connectivity index (χ3n) is 2.56. The highest BCUT2D eigenvalue weighted by Gasteiger charge is 2.17. The Labute approximate surface area is 95.5 Å². The van der Waals surface area contributed by atoms with Gasteiger partial charge < -0.3 is 15.0 Å². The van der Waals surface area contributed by atoms with Crippen LogP contribution in [-0.4, -0.2) is 29.2 Å². The molecule has 3 rings (SSSR count). The van der Waals surface area contributed by atoms with Crippen molar-refractivity contribution in [3.8, 4) is 0 Å². The molecule has 2 N–H and O–H groups in total. The second-order valence-electron chi connectivity index (χ2n) is 3.74. The minimum atomic E-state index is -0.0784. The minimum Gasteiger partial charge on any atom is -0.368 e. The van der Waals surface area contributed by atoms with Gasteiger partial charge in [0, 0.05) is 13.1 Å². The summed E-state index contributed by atoms with van der Waals surface area (Å²) in [5.41, 5.74) is 0.671. The number of H-pyrrole nitrogens is 1. The average Bonchev–Trinajstić information content (AvgIpc) is 2.63. The summed E-state index contributed by atoms with van der Waals surface area (Å²) in [4.78, 5) is 18.7. The van der Waals surface area contributed by atoms with Crippen LogP contribution in [0.15, 0.2) is 16.2 Å². The molecule has 2 aromatic heterocycles. The molecule has 5 nitrogen and oxygen atoms in total. The first kappa shape index (κ1) is 9.95. The standard InChI is InChI=1S/C10H11N3O2S/c14-10-9-7(1-2-16-9)12-8(13-10)5-15-6-3-11-4-6/h1-2,6,11H,3-5H2,(H,12,13,14). The van der Waals surface area contributed by atoms with E-state index in [4.69, 9.17) is 4.74 Å². The number of nitrogens with zero attached hydrogens (tertiary/aromatic N) is 1. The Morgan fingerprint density at radius 3 is 3.19 bits per heavy atom. The van der Waals surface area contributed by atoms with Crippen LogP contribution in [-0.2, 0) is 11.3 Å². The lowest BCUT2D eigenvalue weighted by Gasteiger charge is -2.26. The fraction of sp³-hybridized carbons (Fsp3) is 0.400. The highest BCUT2D eigenvalue weighted by atomic mass is 32.1. The second-order valence-corrected chi connectivity index (χ2v) is 4.65. The Morgan fingerprint density at radius 2 is 2.44 bits per heavy atom. The van der Waals surface area contributed by atoms with E-state index >= 15 is 0 Å². The fourth-order valence-corrected chi connectivity index (χ4v) is 2.29. The van der Waals surface area contributed by atoms with Crippen molar-refractivity contribution in [2.45, 2.75) is 12.7 Å². The van der Waals surface area contributed by atoms with Crippen LogP contribution in [0.25, 0.3) is 10.2 Å². The number of rotatable bonds is 3. The van der Waals surface area contributed by atoms with E-state index in [1.807, 2.05) is 11.4 Å². The summed E-state index contributed by atoms with van der Waals surface area (Å²) in [6, 6.07) is 1.85. The van der Waals surface area contributed by atoms with Crippen molar-refractivity contribution in [3.63, 3.8) is 0 Å². The molecule has 0 spiro atoms. The molecule has 0 amide bonds. The number of fused-ring (bicyclic) bond motifs is 1. The average molecular weight is 237 g/mol. The lowest BCUT2D eigenvalue weighted by Crippen LogP contribution is -2.48. The number of aromatic amines is 1. The van der Waals surface area contributed by atoms with Gasteiger partial charge >= 0.3 is 0 Å². The van der Waals surface area contributed by atoms with Gasteiger partial charge in [0.05, 0.1) is 11.6 Å². The molecule has 0 aromatic carbocycles. The van der Waals surface area contributed by atoms with Crippen LogP contribution >= 0.6 is 11.3 Å².